The van der Waals surface area contributed by atoms with Crippen LogP contribution in [0, 0.1) is 0 Å². The molecule has 0 radical (unpaired) electrons. The molecule has 4 heteroatoms. The van der Waals surface area contributed by atoms with Gasteiger partial charge in [-0.15, -0.1) is 0 Å². The van der Waals surface area contributed by atoms with Gasteiger partial charge in [0.25, 0.3) is 11.8 Å². The third kappa shape index (κ3) is 3.36. The molecule has 0 N–H and O–H groups in total. The molecule has 1 saturated heterocycles. The highest BCUT2D eigenvalue weighted by Crippen LogP contribution is 2.21. The lowest BCUT2D eigenvalue weighted by atomic mass is 9.99. The van der Waals surface area contributed by atoms with Crippen molar-refractivity contribution in [1.29, 1.82) is 0 Å². The predicted octanol–water partition coefficient (Wildman–Crippen LogP) is 3.51. The van der Waals surface area contributed by atoms with Crippen LogP contribution in [0.1, 0.15) is 51.1 Å². The van der Waals surface area contributed by atoms with Crippen LogP contribution in [0.5, 0.6) is 0 Å². The van der Waals surface area contributed by atoms with Crippen LogP contribution in [0.3, 0.4) is 0 Å². The van der Waals surface area contributed by atoms with Gasteiger partial charge < -0.3 is 9.80 Å². The van der Waals surface area contributed by atoms with Crippen molar-refractivity contribution in [3.8, 4) is 0 Å². The van der Waals surface area contributed by atoms with Gasteiger partial charge in [0.1, 0.15) is 0 Å². The lowest BCUT2D eigenvalue weighted by Gasteiger charge is -2.29. The molecule has 0 aliphatic carbocycles. The van der Waals surface area contributed by atoms with Gasteiger partial charge >= 0.3 is 0 Å². The summed E-state index contributed by atoms with van der Waals surface area (Å²) < 4.78 is 0. The van der Waals surface area contributed by atoms with Gasteiger partial charge in [-0.2, -0.15) is 0 Å². The lowest BCUT2D eigenvalue weighted by Crippen LogP contribution is -2.36. The van der Waals surface area contributed by atoms with Crippen LogP contribution < -0.4 is 0 Å². The van der Waals surface area contributed by atoms with Gasteiger partial charge in [-0.05, 0) is 61.1 Å². The topological polar surface area (TPSA) is 40.6 Å². The number of benzene rings is 2. The highest BCUT2D eigenvalue weighted by atomic mass is 16.2. The third-order valence-electron chi connectivity index (χ3n) is 5.44. The average Bonchev–Trinajstić information content (AvgIpc) is 2.73. The molecule has 0 aromatic heterocycles. The summed E-state index contributed by atoms with van der Waals surface area (Å²) >= 11 is 0. The second-order valence-electron chi connectivity index (χ2n) is 7.18. The van der Waals surface area contributed by atoms with Crippen molar-refractivity contribution < 1.29 is 9.59 Å². The normalized spacial score (nSPS) is 16.9. The van der Waals surface area contributed by atoms with Gasteiger partial charge in [-0.1, -0.05) is 24.3 Å². The highest BCUT2D eigenvalue weighted by molar-refractivity contribution is 5.98. The number of hydrogen-bond acceptors (Lipinski definition) is 2. The van der Waals surface area contributed by atoms with Crippen LogP contribution >= 0.6 is 0 Å². The van der Waals surface area contributed by atoms with Crippen LogP contribution in [0.15, 0.2) is 48.5 Å². The van der Waals surface area contributed by atoms with Gasteiger partial charge in [0.05, 0.1) is 0 Å². The van der Waals surface area contributed by atoms with E-state index < -0.39 is 0 Å². The first-order chi connectivity index (χ1) is 12.7. The van der Waals surface area contributed by atoms with Gasteiger partial charge in [-0.3, -0.25) is 9.59 Å². The molecule has 2 aromatic rings. The highest BCUT2D eigenvalue weighted by Gasteiger charge is 2.22. The van der Waals surface area contributed by atoms with Crippen LogP contribution in [-0.2, 0) is 13.0 Å². The molecule has 4 rings (SSSR count). The van der Waals surface area contributed by atoms with Crippen molar-refractivity contribution in [2.45, 2.75) is 32.2 Å². The summed E-state index contributed by atoms with van der Waals surface area (Å²) in [5, 5.41) is 0. The Morgan fingerprint density at radius 2 is 1.23 bits per heavy atom. The Kier molecular flexibility index (Phi) is 4.74. The molecule has 2 heterocycles. The zero-order chi connectivity index (χ0) is 17.9. The first-order valence-electron chi connectivity index (χ1n) is 9.48. The molecule has 2 amide bonds. The molecule has 2 aliphatic rings. The maximum absolute atomic E-state index is 12.8. The standard InChI is InChI=1S/C22H24N2O2/c25-21(23-13-4-1-5-14-23)18-8-10-19(11-9-18)22(26)24-15-12-17-6-2-3-7-20(17)16-24/h2-3,6-11H,1,4-5,12-16H2. The summed E-state index contributed by atoms with van der Waals surface area (Å²) in [7, 11) is 0. The molecular weight excluding hydrogens is 324 g/mol. The average molecular weight is 348 g/mol. The molecule has 0 atom stereocenters. The number of fused-ring (bicyclic) bond motifs is 1. The van der Waals surface area contributed by atoms with E-state index in [1.807, 2.05) is 21.9 Å². The summed E-state index contributed by atoms with van der Waals surface area (Å²) in [6.45, 7) is 3.08. The zero-order valence-corrected chi connectivity index (χ0v) is 15.0. The van der Waals surface area contributed by atoms with Crippen LogP contribution in [0.2, 0.25) is 0 Å². The molecule has 0 unspecified atom stereocenters. The molecular formula is C22H24N2O2. The number of hydrogen-bond donors (Lipinski definition) is 0. The molecule has 1 fully saturated rings. The van der Waals surface area contributed by atoms with Crippen molar-refractivity contribution in [2.75, 3.05) is 19.6 Å². The first-order valence-corrected chi connectivity index (χ1v) is 9.48. The summed E-state index contributed by atoms with van der Waals surface area (Å²) in [5.74, 6) is 0.118. The largest absolute Gasteiger partial charge is 0.339 e. The van der Waals surface area contributed by atoms with E-state index in [9.17, 15) is 9.59 Å². The van der Waals surface area contributed by atoms with E-state index in [2.05, 4.69) is 12.1 Å². The number of carbonyl (C=O) groups is 2. The fourth-order valence-electron chi connectivity index (χ4n) is 3.89. The van der Waals surface area contributed by atoms with Gasteiger partial charge in [-0.25, -0.2) is 0 Å². The Hall–Kier alpha value is -2.62. The second-order valence-corrected chi connectivity index (χ2v) is 7.18. The quantitative estimate of drug-likeness (QED) is 0.833. The molecule has 26 heavy (non-hydrogen) atoms. The Labute approximate surface area is 154 Å². The van der Waals surface area contributed by atoms with Crippen molar-refractivity contribution in [1.82, 2.24) is 9.80 Å². The number of carbonyl (C=O) groups excluding carboxylic acids is 2. The monoisotopic (exact) mass is 348 g/mol. The number of nitrogens with zero attached hydrogens (tertiary/aromatic N) is 2. The number of likely N-dealkylation sites (tertiary alicyclic amines) is 1. The van der Waals surface area contributed by atoms with Crippen LogP contribution in [0.4, 0.5) is 0 Å². The predicted molar refractivity (Wildman–Crippen MR) is 101 cm³/mol. The summed E-state index contributed by atoms with van der Waals surface area (Å²) in [6, 6.07) is 15.5. The smallest absolute Gasteiger partial charge is 0.254 e. The van der Waals surface area contributed by atoms with Gasteiger partial charge in [0.2, 0.25) is 0 Å². The third-order valence-corrected chi connectivity index (χ3v) is 5.44. The molecule has 0 bridgehead atoms. The van der Waals surface area contributed by atoms with E-state index in [4.69, 9.17) is 0 Å². The van der Waals surface area contributed by atoms with Crippen molar-refractivity contribution in [3.05, 3.63) is 70.8 Å². The number of amides is 2. The lowest BCUT2D eigenvalue weighted by molar-refractivity contribution is 0.0716. The Morgan fingerprint density at radius 3 is 1.88 bits per heavy atom. The van der Waals surface area contributed by atoms with Crippen molar-refractivity contribution >= 4 is 11.8 Å². The molecule has 0 spiro atoms. The van der Waals surface area contributed by atoms with E-state index in [0.29, 0.717) is 17.7 Å². The van der Waals surface area contributed by atoms with E-state index in [1.54, 1.807) is 24.3 Å². The molecule has 2 aromatic carbocycles. The fraction of sp³-hybridized carbons (Fsp3) is 0.364. The Morgan fingerprint density at radius 1 is 0.654 bits per heavy atom. The maximum Gasteiger partial charge on any atom is 0.254 e. The molecule has 2 aliphatic heterocycles. The van der Waals surface area contributed by atoms with Crippen LogP contribution in [-0.4, -0.2) is 41.2 Å². The second kappa shape index (κ2) is 7.32. The van der Waals surface area contributed by atoms with Gasteiger partial charge in [0.15, 0.2) is 0 Å². The number of piperidine rings is 1. The Bertz CT molecular complexity index is 807. The molecule has 134 valence electrons. The zero-order valence-electron chi connectivity index (χ0n) is 15.0. The minimum Gasteiger partial charge on any atom is -0.339 e. The summed E-state index contributed by atoms with van der Waals surface area (Å²) in [4.78, 5) is 29.2. The summed E-state index contributed by atoms with van der Waals surface area (Å²) in [5.41, 5.74) is 3.88. The maximum atomic E-state index is 12.8. The number of rotatable bonds is 2. The van der Waals surface area contributed by atoms with Gasteiger partial charge in [0, 0.05) is 37.3 Å². The van der Waals surface area contributed by atoms with E-state index in [1.165, 1.54) is 17.5 Å². The summed E-state index contributed by atoms with van der Waals surface area (Å²) in [6.07, 6.45) is 4.26. The molecule has 0 saturated carbocycles. The molecule has 4 nitrogen and oxygen atoms in total. The van der Waals surface area contributed by atoms with Crippen molar-refractivity contribution in [3.63, 3.8) is 0 Å². The minimum absolute atomic E-state index is 0.0384. The van der Waals surface area contributed by atoms with E-state index in [-0.39, 0.29) is 11.8 Å². The van der Waals surface area contributed by atoms with E-state index >= 15 is 0 Å². The Balaban J connectivity index is 1.45. The first kappa shape index (κ1) is 16.8. The van der Waals surface area contributed by atoms with E-state index in [0.717, 1.165) is 38.9 Å². The SMILES string of the molecule is O=C(c1ccc(C(=O)N2CCc3ccccc3C2)cc1)N1CCCCC1. The van der Waals surface area contributed by atoms with Crippen molar-refractivity contribution in [2.24, 2.45) is 0 Å². The minimum atomic E-state index is 0.0384. The fourth-order valence-corrected chi connectivity index (χ4v) is 3.89. The van der Waals surface area contributed by atoms with Crippen LogP contribution in [0.25, 0.3) is 0 Å².